The Morgan fingerprint density at radius 1 is 1.03 bits per heavy atom. The van der Waals surface area contributed by atoms with Crippen molar-refractivity contribution in [3.05, 3.63) is 71.8 Å². The van der Waals surface area contributed by atoms with Gasteiger partial charge in [-0.3, -0.25) is 0 Å². The van der Waals surface area contributed by atoms with Gasteiger partial charge in [0, 0.05) is 20.2 Å². The lowest BCUT2D eigenvalue weighted by Gasteiger charge is -2.30. The molecule has 8 nitrogen and oxygen atoms in total. The Balaban J connectivity index is 1.46. The molecule has 0 aliphatic carbocycles. The first kappa shape index (κ1) is 26.6. The minimum atomic E-state index is -0.696. The molecule has 8 heteroatoms. The number of nitrogens with two attached hydrogens (primary N) is 1. The van der Waals surface area contributed by atoms with Crippen LogP contribution in [0.25, 0.3) is 0 Å². The summed E-state index contributed by atoms with van der Waals surface area (Å²) in [4.78, 5) is 15.0. The van der Waals surface area contributed by atoms with Crippen molar-refractivity contribution >= 4 is 6.09 Å². The lowest BCUT2D eigenvalue weighted by atomic mass is 9.94. The van der Waals surface area contributed by atoms with Gasteiger partial charge in [0.05, 0.1) is 6.10 Å². The first-order valence-electron chi connectivity index (χ1n) is 12.6. The Morgan fingerprint density at radius 2 is 1.67 bits per heavy atom. The number of methoxy groups -OCH3 is 1. The van der Waals surface area contributed by atoms with Crippen molar-refractivity contribution < 1.29 is 28.5 Å². The van der Waals surface area contributed by atoms with Gasteiger partial charge in [-0.05, 0) is 50.3 Å². The smallest absolute Gasteiger partial charge is 0.410 e. The van der Waals surface area contributed by atoms with E-state index in [1.165, 1.54) is 0 Å². The van der Waals surface area contributed by atoms with Crippen molar-refractivity contribution in [2.45, 2.75) is 70.2 Å². The molecular weight excluding hydrogens is 460 g/mol. The van der Waals surface area contributed by atoms with E-state index in [0.717, 1.165) is 17.5 Å². The molecule has 2 aliphatic rings. The molecule has 4 rings (SSSR count). The minimum Gasteiger partial charge on any atom is -0.445 e. The maximum absolute atomic E-state index is 13.2. The molecule has 1 unspecified atom stereocenters. The van der Waals surface area contributed by atoms with Crippen molar-refractivity contribution in [2.24, 2.45) is 11.7 Å². The number of rotatable bonds is 11. The summed E-state index contributed by atoms with van der Waals surface area (Å²) >= 11 is 0. The quantitative estimate of drug-likeness (QED) is 0.499. The van der Waals surface area contributed by atoms with E-state index in [1.54, 1.807) is 12.0 Å². The normalized spacial score (nSPS) is 25.3. The van der Waals surface area contributed by atoms with Gasteiger partial charge in [0.25, 0.3) is 0 Å². The van der Waals surface area contributed by atoms with Crippen LogP contribution in [-0.2, 0) is 36.8 Å². The SMILES string of the molecule is CO[C@@H]1O[C@H](C[C@H](CCN)CN(Cc2ccccc2)C(=O)OCc2ccccc2)C2OC(C)(C)O[C@@H]21. The number of hydrogen-bond acceptors (Lipinski definition) is 7. The van der Waals surface area contributed by atoms with Gasteiger partial charge in [-0.1, -0.05) is 60.7 Å². The predicted octanol–water partition coefficient (Wildman–Crippen LogP) is 4.07. The number of nitrogens with zero attached hydrogens (tertiary/aromatic N) is 1. The molecule has 0 bridgehead atoms. The Hall–Kier alpha value is -2.49. The first-order valence-corrected chi connectivity index (χ1v) is 12.6. The van der Waals surface area contributed by atoms with Crippen molar-refractivity contribution in [3.8, 4) is 0 Å². The standard InChI is InChI=1S/C28H38N2O6/c1-28(2)35-24-23(34-26(32-3)25(24)36-28)16-22(14-15-29)18-30(17-20-10-6-4-7-11-20)27(31)33-19-21-12-8-5-9-13-21/h4-13,22-26H,14-19,29H2,1-3H3/t22-,23+,24?,25-,26+/m0/s1. The van der Waals surface area contributed by atoms with E-state index >= 15 is 0 Å². The fourth-order valence-corrected chi connectivity index (χ4v) is 5.00. The van der Waals surface area contributed by atoms with Gasteiger partial charge in [0.2, 0.25) is 0 Å². The Morgan fingerprint density at radius 3 is 2.31 bits per heavy atom. The van der Waals surface area contributed by atoms with Crippen LogP contribution in [0.1, 0.15) is 37.8 Å². The third kappa shape index (κ3) is 6.83. The predicted molar refractivity (Wildman–Crippen MR) is 135 cm³/mol. The second-order valence-electron chi connectivity index (χ2n) is 9.93. The van der Waals surface area contributed by atoms with Crippen molar-refractivity contribution in [3.63, 3.8) is 0 Å². The summed E-state index contributed by atoms with van der Waals surface area (Å²) in [5.41, 5.74) is 7.97. The molecule has 2 heterocycles. The lowest BCUT2D eigenvalue weighted by molar-refractivity contribution is -0.228. The van der Waals surface area contributed by atoms with Crippen LogP contribution in [-0.4, -0.2) is 61.6 Å². The van der Waals surface area contributed by atoms with Crippen LogP contribution in [0, 0.1) is 5.92 Å². The highest BCUT2D eigenvalue weighted by atomic mass is 16.8. The summed E-state index contributed by atoms with van der Waals surface area (Å²) in [5, 5.41) is 0. The van der Waals surface area contributed by atoms with Gasteiger partial charge in [0.1, 0.15) is 18.8 Å². The molecule has 0 radical (unpaired) electrons. The van der Waals surface area contributed by atoms with Crippen LogP contribution in [0.15, 0.2) is 60.7 Å². The average Bonchev–Trinajstić information content (AvgIpc) is 3.36. The van der Waals surface area contributed by atoms with Crippen molar-refractivity contribution in [1.29, 1.82) is 0 Å². The van der Waals surface area contributed by atoms with E-state index in [4.69, 9.17) is 29.4 Å². The van der Waals surface area contributed by atoms with Crippen LogP contribution in [0.3, 0.4) is 0 Å². The van der Waals surface area contributed by atoms with Gasteiger partial charge >= 0.3 is 6.09 Å². The minimum absolute atomic E-state index is 0.0801. The number of benzene rings is 2. The Bertz CT molecular complexity index is 957. The summed E-state index contributed by atoms with van der Waals surface area (Å²) in [7, 11) is 1.61. The zero-order chi connectivity index (χ0) is 25.5. The summed E-state index contributed by atoms with van der Waals surface area (Å²) in [6.07, 6.45) is -0.201. The molecule has 2 aromatic rings. The largest absolute Gasteiger partial charge is 0.445 e. The molecule has 2 aromatic carbocycles. The van der Waals surface area contributed by atoms with E-state index in [9.17, 15) is 4.79 Å². The molecular formula is C28H38N2O6. The van der Waals surface area contributed by atoms with E-state index in [0.29, 0.717) is 26.1 Å². The molecule has 196 valence electrons. The summed E-state index contributed by atoms with van der Waals surface area (Å²) in [6, 6.07) is 19.6. The molecule has 5 atom stereocenters. The zero-order valence-corrected chi connectivity index (χ0v) is 21.4. The average molecular weight is 499 g/mol. The second-order valence-corrected chi connectivity index (χ2v) is 9.93. The number of ether oxygens (including phenoxy) is 5. The lowest BCUT2D eigenvalue weighted by Crippen LogP contribution is -2.39. The maximum atomic E-state index is 13.2. The summed E-state index contributed by atoms with van der Waals surface area (Å²) < 4.78 is 29.6. The molecule has 2 saturated heterocycles. The topological polar surface area (TPSA) is 92.5 Å². The van der Waals surface area contributed by atoms with E-state index in [2.05, 4.69) is 0 Å². The van der Waals surface area contributed by atoms with Crippen LogP contribution in [0.2, 0.25) is 0 Å². The molecule has 0 aromatic heterocycles. The highest BCUT2D eigenvalue weighted by Gasteiger charge is 2.55. The summed E-state index contributed by atoms with van der Waals surface area (Å²) in [5.74, 6) is -0.616. The summed E-state index contributed by atoms with van der Waals surface area (Å²) in [6.45, 7) is 5.45. The van der Waals surface area contributed by atoms with Crippen LogP contribution in [0.5, 0.6) is 0 Å². The van der Waals surface area contributed by atoms with E-state index in [-0.39, 0.29) is 36.9 Å². The van der Waals surface area contributed by atoms with Crippen molar-refractivity contribution in [2.75, 3.05) is 20.2 Å². The fourth-order valence-electron chi connectivity index (χ4n) is 5.00. The van der Waals surface area contributed by atoms with Gasteiger partial charge in [0.15, 0.2) is 12.1 Å². The van der Waals surface area contributed by atoms with Gasteiger partial charge in [-0.15, -0.1) is 0 Å². The number of hydrogen-bond donors (Lipinski definition) is 1. The molecule has 2 aliphatic heterocycles. The number of fused-ring (bicyclic) bond motifs is 1. The van der Waals surface area contributed by atoms with Crippen LogP contribution >= 0.6 is 0 Å². The van der Waals surface area contributed by atoms with E-state index < -0.39 is 12.1 Å². The maximum Gasteiger partial charge on any atom is 0.410 e. The van der Waals surface area contributed by atoms with Gasteiger partial charge in [-0.25, -0.2) is 4.79 Å². The molecule has 36 heavy (non-hydrogen) atoms. The third-order valence-corrected chi connectivity index (χ3v) is 6.64. The fraction of sp³-hybridized carbons (Fsp3) is 0.536. The van der Waals surface area contributed by atoms with Crippen LogP contribution < -0.4 is 5.73 Å². The molecule has 0 saturated carbocycles. The third-order valence-electron chi connectivity index (χ3n) is 6.64. The van der Waals surface area contributed by atoms with E-state index in [1.807, 2.05) is 74.5 Å². The first-order chi connectivity index (χ1) is 17.4. The number of carbonyl (C=O) groups is 1. The van der Waals surface area contributed by atoms with Gasteiger partial charge < -0.3 is 34.3 Å². The Labute approximate surface area is 213 Å². The molecule has 2 fully saturated rings. The van der Waals surface area contributed by atoms with Crippen molar-refractivity contribution in [1.82, 2.24) is 4.90 Å². The Kier molecular flexibility index (Phi) is 8.98. The number of carbonyl (C=O) groups excluding carboxylic acids is 1. The molecule has 2 N–H and O–H groups in total. The molecule has 1 amide bonds. The highest BCUT2D eigenvalue weighted by Crippen LogP contribution is 2.41. The second kappa shape index (κ2) is 12.2. The molecule has 0 spiro atoms. The van der Waals surface area contributed by atoms with Gasteiger partial charge in [-0.2, -0.15) is 0 Å². The highest BCUT2D eigenvalue weighted by molar-refractivity contribution is 5.67. The monoisotopic (exact) mass is 498 g/mol. The number of amides is 1. The zero-order valence-electron chi connectivity index (χ0n) is 21.4. The van der Waals surface area contributed by atoms with Crippen LogP contribution in [0.4, 0.5) is 4.79 Å².